The van der Waals surface area contributed by atoms with Crippen LogP contribution in [0.1, 0.15) is 18.4 Å². The van der Waals surface area contributed by atoms with Crippen molar-refractivity contribution in [2.24, 2.45) is 0 Å². The zero-order valence-electron chi connectivity index (χ0n) is 9.39. The third kappa shape index (κ3) is 2.75. The second-order valence-electron chi connectivity index (χ2n) is 4.08. The Labute approximate surface area is 99.3 Å². The summed E-state index contributed by atoms with van der Waals surface area (Å²) in [4.78, 5) is 10.4. The first-order chi connectivity index (χ1) is 8.16. The maximum Gasteiger partial charge on any atom is 0.303 e. The zero-order chi connectivity index (χ0) is 12.3. The highest BCUT2D eigenvalue weighted by Crippen LogP contribution is 2.26. The van der Waals surface area contributed by atoms with Crippen molar-refractivity contribution in [3.05, 3.63) is 42.0 Å². The third-order valence-electron chi connectivity index (χ3n) is 2.78. The predicted octanol–water partition coefficient (Wildman–Crippen LogP) is 2.95. The van der Waals surface area contributed by atoms with Crippen molar-refractivity contribution in [2.45, 2.75) is 19.3 Å². The number of hydrogen-bond donors (Lipinski definition) is 2. The highest BCUT2D eigenvalue weighted by Gasteiger charge is 2.05. The predicted molar refractivity (Wildman–Crippen MR) is 66.2 cm³/mol. The van der Waals surface area contributed by atoms with Crippen LogP contribution in [-0.4, -0.2) is 16.2 Å². The Bertz CT molecular complexity index is 546. The molecule has 2 aromatic rings. The number of aryl methyl sites for hydroxylation is 1. The van der Waals surface area contributed by atoms with Crippen LogP contribution in [0.25, 0.3) is 10.8 Å². The Morgan fingerprint density at radius 2 is 1.76 bits per heavy atom. The average molecular weight is 230 g/mol. The van der Waals surface area contributed by atoms with Gasteiger partial charge in [0, 0.05) is 6.42 Å². The first-order valence-electron chi connectivity index (χ1n) is 5.59. The topological polar surface area (TPSA) is 57.5 Å². The van der Waals surface area contributed by atoms with Gasteiger partial charge >= 0.3 is 5.97 Å². The van der Waals surface area contributed by atoms with E-state index in [0.29, 0.717) is 12.8 Å². The van der Waals surface area contributed by atoms with E-state index in [-0.39, 0.29) is 12.2 Å². The number of fused-ring (bicyclic) bond motifs is 1. The summed E-state index contributed by atoms with van der Waals surface area (Å²) in [6.07, 6.45) is 1.26. The minimum Gasteiger partial charge on any atom is -0.508 e. The molecule has 0 amide bonds. The van der Waals surface area contributed by atoms with E-state index in [2.05, 4.69) is 0 Å². The van der Waals surface area contributed by atoms with Gasteiger partial charge in [-0.25, -0.2) is 0 Å². The molecule has 0 aromatic heterocycles. The van der Waals surface area contributed by atoms with Crippen LogP contribution in [0.4, 0.5) is 0 Å². The molecule has 2 N–H and O–H groups in total. The minimum atomic E-state index is -0.801. The number of hydrogen-bond acceptors (Lipinski definition) is 2. The maximum atomic E-state index is 10.4. The summed E-state index contributed by atoms with van der Waals surface area (Å²) in [6, 6.07) is 11.4. The molecule has 3 nitrogen and oxygen atoms in total. The van der Waals surface area contributed by atoms with Crippen molar-refractivity contribution in [1.29, 1.82) is 0 Å². The molecule has 2 rings (SSSR count). The third-order valence-corrected chi connectivity index (χ3v) is 2.78. The molecule has 0 aliphatic heterocycles. The number of carboxylic acid groups (broad SMARTS) is 1. The Morgan fingerprint density at radius 3 is 2.41 bits per heavy atom. The van der Waals surface area contributed by atoms with E-state index in [1.807, 2.05) is 30.3 Å². The smallest absolute Gasteiger partial charge is 0.303 e. The van der Waals surface area contributed by atoms with Crippen molar-refractivity contribution in [2.75, 3.05) is 0 Å². The van der Waals surface area contributed by atoms with Crippen LogP contribution in [0.2, 0.25) is 0 Å². The molecule has 3 heteroatoms. The number of carboxylic acids is 1. The average Bonchev–Trinajstić information content (AvgIpc) is 2.29. The van der Waals surface area contributed by atoms with Crippen molar-refractivity contribution >= 4 is 16.7 Å². The lowest BCUT2D eigenvalue weighted by Gasteiger charge is -2.06. The van der Waals surface area contributed by atoms with E-state index in [4.69, 9.17) is 5.11 Å². The highest BCUT2D eigenvalue weighted by molar-refractivity contribution is 5.84. The van der Waals surface area contributed by atoms with E-state index in [9.17, 15) is 9.90 Å². The zero-order valence-corrected chi connectivity index (χ0v) is 9.39. The van der Waals surface area contributed by atoms with E-state index >= 15 is 0 Å². The molecule has 0 fully saturated rings. The number of benzene rings is 2. The summed E-state index contributed by atoms with van der Waals surface area (Å²) in [5.41, 5.74) is 0.810. The fourth-order valence-corrected chi connectivity index (χ4v) is 1.91. The van der Waals surface area contributed by atoms with Gasteiger partial charge in [0.25, 0.3) is 0 Å². The molecule has 0 spiro atoms. The van der Waals surface area contributed by atoms with Crippen molar-refractivity contribution in [1.82, 2.24) is 0 Å². The van der Waals surface area contributed by atoms with Gasteiger partial charge in [-0.05, 0) is 41.3 Å². The van der Waals surface area contributed by atoms with Gasteiger partial charge < -0.3 is 10.2 Å². The number of rotatable bonds is 4. The lowest BCUT2D eigenvalue weighted by molar-refractivity contribution is -0.137. The van der Waals surface area contributed by atoms with Crippen LogP contribution in [0.3, 0.4) is 0 Å². The highest BCUT2D eigenvalue weighted by atomic mass is 16.4. The molecule has 0 radical (unpaired) electrons. The molecule has 0 aliphatic carbocycles. The van der Waals surface area contributed by atoms with Gasteiger partial charge in [0.05, 0.1) is 0 Å². The van der Waals surface area contributed by atoms with Crippen molar-refractivity contribution in [3.63, 3.8) is 0 Å². The van der Waals surface area contributed by atoms with Gasteiger partial charge in [0.15, 0.2) is 0 Å². The van der Waals surface area contributed by atoms with Crippen LogP contribution in [0.15, 0.2) is 36.4 Å². The molecule has 0 bridgehead atoms. The molecule has 0 atom stereocenters. The fraction of sp³-hybridized carbons (Fsp3) is 0.214. The van der Waals surface area contributed by atoms with E-state index in [0.717, 1.165) is 16.3 Å². The number of carbonyl (C=O) groups is 1. The second-order valence-corrected chi connectivity index (χ2v) is 4.08. The number of phenolic OH excluding ortho intramolecular Hbond substituents is 1. The first-order valence-corrected chi connectivity index (χ1v) is 5.59. The molecular weight excluding hydrogens is 216 g/mol. The Balaban J connectivity index is 2.22. The normalized spacial score (nSPS) is 10.6. The summed E-state index contributed by atoms with van der Waals surface area (Å²) in [7, 11) is 0. The molecular formula is C14H14O3. The van der Waals surface area contributed by atoms with Gasteiger partial charge in [0.1, 0.15) is 5.75 Å². The van der Waals surface area contributed by atoms with Crippen LogP contribution in [0.5, 0.6) is 5.75 Å². The van der Waals surface area contributed by atoms with Crippen molar-refractivity contribution < 1.29 is 15.0 Å². The summed E-state index contributed by atoms with van der Waals surface area (Å²) in [5.74, 6) is -0.556. The fourth-order valence-electron chi connectivity index (χ4n) is 1.91. The quantitative estimate of drug-likeness (QED) is 0.849. The van der Waals surface area contributed by atoms with Gasteiger partial charge in [-0.2, -0.15) is 0 Å². The standard InChI is InChI=1S/C14H14O3/c15-13-9-11-5-2-1-4-10(11)8-12(13)6-3-7-14(16)17/h1-2,4-5,8-9,15H,3,6-7H2,(H,16,17). The van der Waals surface area contributed by atoms with Crippen molar-refractivity contribution in [3.8, 4) is 5.75 Å². The largest absolute Gasteiger partial charge is 0.508 e. The van der Waals surface area contributed by atoms with Gasteiger partial charge in [0.2, 0.25) is 0 Å². The number of aliphatic carboxylic acids is 1. The molecule has 2 aromatic carbocycles. The van der Waals surface area contributed by atoms with Crippen LogP contribution in [0, 0.1) is 0 Å². The molecule has 0 unspecified atom stereocenters. The molecule has 0 heterocycles. The number of aromatic hydroxyl groups is 1. The monoisotopic (exact) mass is 230 g/mol. The lowest BCUT2D eigenvalue weighted by Crippen LogP contribution is -1.96. The summed E-state index contributed by atoms with van der Waals surface area (Å²) >= 11 is 0. The molecule has 0 saturated heterocycles. The van der Waals surface area contributed by atoms with Gasteiger partial charge in [-0.1, -0.05) is 24.3 Å². The lowest BCUT2D eigenvalue weighted by atomic mass is 10.0. The summed E-state index contributed by atoms with van der Waals surface area (Å²) in [5, 5.41) is 20.5. The SMILES string of the molecule is O=C(O)CCCc1cc2ccccc2cc1O. The Morgan fingerprint density at radius 1 is 1.12 bits per heavy atom. The van der Waals surface area contributed by atoms with Gasteiger partial charge in [-0.3, -0.25) is 4.79 Å². The van der Waals surface area contributed by atoms with Crippen LogP contribution >= 0.6 is 0 Å². The molecule has 0 saturated carbocycles. The number of phenols is 1. The maximum absolute atomic E-state index is 10.4. The van der Waals surface area contributed by atoms with E-state index in [1.54, 1.807) is 6.07 Å². The van der Waals surface area contributed by atoms with E-state index < -0.39 is 5.97 Å². The summed E-state index contributed by atoms with van der Waals surface area (Å²) < 4.78 is 0. The molecule has 17 heavy (non-hydrogen) atoms. The van der Waals surface area contributed by atoms with Crippen LogP contribution < -0.4 is 0 Å². The second kappa shape index (κ2) is 4.87. The van der Waals surface area contributed by atoms with E-state index in [1.165, 1.54) is 0 Å². The minimum absolute atomic E-state index is 0.131. The van der Waals surface area contributed by atoms with Crippen LogP contribution in [-0.2, 0) is 11.2 Å². The molecule has 0 aliphatic rings. The Kier molecular flexibility index (Phi) is 3.28. The summed E-state index contributed by atoms with van der Waals surface area (Å²) in [6.45, 7) is 0. The first kappa shape index (κ1) is 11.5. The Hall–Kier alpha value is -2.03. The molecule has 88 valence electrons. The van der Waals surface area contributed by atoms with Gasteiger partial charge in [-0.15, -0.1) is 0 Å².